The Morgan fingerprint density at radius 2 is 1.90 bits per heavy atom. The molecule has 110 valence electrons. The molecule has 0 aromatic rings. The molecule has 4 aliphatic carbocycles. The first-order valence-corrected chi connectivity index (χ1v) is 8.91. The van der Waals surface area contributed by atoms with E-state index >= 15 is 0 Å². The van der Waals surface area contributed by atoms with E-state index in [9.17, 15) is 0 Å². The van der Waals surface area contributed by atoms with Crippen LogP contribution in [0.1, 0.15) is 72.1 Å². The summed E-state index contributed by atoms with van der Waals surface area (Å²) < 4.78 is 0. The van der Waals surface area contributed by atoms with Crippen molar-refractivity contribution in [2.24, 2.45) is 28.6 Å². The molecule has 20 heavy (non-hydrogen) atoms. The third kappa shape index (κ3) is 1.66. The maximum Gasteiger partial charge on any atom is -0.00443 e. The molecule has 2 saturated carbocycles. The van der Waals surface area contributed by atoms with Crippen LogP contribution in [0, 0.1) is 28.6 Å². The van der Waals surface area contributed by atoms with Gasteiger partial charge < -0.3 is 0 Å². The van der Waals surface area contributed by atoms with Crippen LogP contribution in [0.25, 0.3) is 0 Å². The summed E-state index contributed by atoms with van der Waals surface area (Å²) in [6.07, 6.45) is 16.8. The van der Waals surface area contributed by atoms with Gasteiger partial charge in [-0.05, 0) is 86.0 Å². The molecule has 4 rings (SSSR count). The Kier molecular flexibility index (Phi) is 2.79. The summed E-state index contributed by atoms with van der Waals surface area (Å²) in [5.74, 6) is 3.00. The second-order valence-electron chi connectivity index (χ2n) is 8.77. The Balaban J connectivity index is 1.72. The molecule has 0 saturated heterocycles. The molecule has 0 bridgehead atoms. The normalized spacial score (nSPS) is 50.6. The average Bonchev–Trinajstić information content (AvgIpc) is 2.81. The van der Waals surface area contributed by atoms with Gasteiger partial charge in [0.2, 0.25) is 0 Å². The lowest BCUT2D eigenvalue weighted by atomic mass is 9.49. The largest absolute Gasteiger partial charge is 0.0805 e. The minimum Gasteiger partial charge on any atom is -0.0805 e. The number of allylic oxidation sites excluding steroid dienone is 4. The van der Waals surface area contributed by atoms with Crippen LogP contribution in [-0.2, 0) is 0 Å². The van der Waals surface area contributed by atoms with E-state index in [0.717, 1.165) is 17.8 Å². The molecule has 4 aliphatic rings. The maximum absolute atomic E-state index is 2.63. The topological polar surface area (TPSA) is 0 Å². The van der Waals surface area contributed by atoms with E-state index in [1.165, 1.54) is 51.4 Å². The minimum absolute atomic E-state index is 0.506. The summed E-state index contributed by atoms with van der Waals surface area (Å²) in [6.45, 7) is 7.52. The first-order chi connectivity index (χ1) is 9.53. The molecule has 0 spiro atoms. The van der Waals surface area contributed by atoms with Gasteiger partial charge in [-0.1, -0.05) is 38.0 Å². The predicted molar refractivity (Wildman–Crippen MR) is 85.5 cm³/mol. The fourth-order valence-corrected chi connectivity index (χ4v) is 6.46. The van der Waals surface area contributed by atoms with Gasteiger partial charge in [-0.3, -0.25) is 0 Å². The second-order valence-corrected chi connectivity index (χ2v) is 8.77. The lowest BCUT2D eigenvalue weighted by molar-refractivity contribution is -0.0183. The highest BCUT2D eigenvalue weighted by atomic mass is 14.6. The third-order valence-corrected chi connectivity index (χ3v) is 7.75. The SMILES string of the molecule is CC1=CC2=CC[C@H]3[C@@H]4CCC[C@@]4(C)CC[C@@H]3[C@@]2(C)CC1. The molecular weight excluding hydrogens is 240 g/mol. The van der Waals surface area contributed by atoms with Crippen LogP contribution in [0.5, 0.6) is 0 Å². The predicted octanol–water partition coefficient (Wildman–Crippen LogP) is 5.90. The molecule has 0 heteroatoms. The summed E-state index contributed by atoms with van der Waals surface area (Å²) in [5, 5.41) is 0. The molecule has 5 atom stereocenters. The monoisotopic (exact) mass is 270 g/mol. The van der Waals surface area contributed by atoms with Crippen LogP contribution in [-0.4, -0.2) is 0 Å². The van der Waals surface area contributed by atoms with Crippen molar-refractivity contribution in [1.82, 2.24) is 0 Å². The van der Waals surface area contributed by atoms with Gasteiger partial charge in [0.25, 0.3) is 0 Å². The molecule has 0 amide bonds. The number of hydrogen-bond donors (Lipinski definition) is 0. The lowest BCUT2D eigenvalue weighted by Gasteiger charge is -2.56. The van der Waals surface area contributed by atoms with Gasteiger partial charge in [0.1, 0.15) is 0 Å². The molecular formula is C20H30. The summed E-state index contributed by atoms with van der Waals surface area (Å²) in [7, 11) is 0. The minimum atomic E-state index is 0.506. The van der Waals surface area contributed by atoms with Crippen LogP contribution in [0.15, 0.2) is 23.3 Å². The van der Waals surface area contributed by atoms with Crippen molar-refractivity contribution in [3.63, 3.8) is 0 Å². The van der Waals surface area contributed by atoms with E-state index in [2.05, 4.69) is 32.9 Å². The molecule has 0 heterocycles. The number of hydrogen-bond acceptors (Lipinski definition) is 0. The van der Waals surface area contributed by atoms with Gasteiger partial charge in [-0.15, -0.1) is 0 Å². The van der Waals surface area contributed by atoms with Gasteiger partial charge in [0.05, 0.1) is 0 Å². The quantitative estimate of drug-likeness (QED) is 0.514. The Morgan fingerprint density at radius 3 is 2.75 bits per heavy atom. The average molecular weight is 270 g/mol. The lowest BCUT2D eigenvalue weighted by Crippen LogP contribution is -2.47. The van der Waals surface area contributed by atoms with Crippen molar-refractivity contribution in [3.05, 3.63) is 23.3 Å². The van der Waals surface area contributed by atoms with Crippen LogP contribution in [0.2, 0.25) is 0 Å². The standard InChI is InChI=1S/C20H30/c1-14-8-12-20(3)15(13-14)6-7-16-17-5-4-10-19(17,2)11-9-18(16)20/h6,13,16-18H,4-5,7-12H2,1-3H3/t16-,17-,18-,19-,20-/m0/s1. The highest BCUT2D eigenvalue weighted by Crippen LogP contribution is 2.64. The van der Waals surface area contributed by atoms with Gasteiger partial charge in [-0.25, -0.2) is 0 Å². The second kappa shape index (κ2) is 4.24. The molecule has 0 aliphatic heterocycles. The highest BCUT2D eigenvalue weighted by Gasteiger charge is 2.54. The Labute approximate surface area is 124 Å². The summed E-state index contributed by atoms with van der Waals surface area (Å²) >= 11 is 0. The van der Waals surface area contributed by atoms with Crippen molar-refractivity contribution < 1.29 is 0 Å². The van der Waals surface area contributed by atoms with E-state index in [1.807, 2.05) is 0 Å². The van der Waals surface area contributed by atoms with E-state index in [0.29, 0.717) is 10.8 Å². The number of rotatable bonds is 0. The molecule has 0 radical (unpaired) electrons. The van der Waals surface area contributed by atoms with Crippen LogP contribution >= 0.6 is 0 Å². The summed E-state index contributed by atoms with van der Waals surface area (Å²) in [6, 6.07) is 0. The molecule has 0 nitrogen and oxygen atoms in total. The van der Waals surface area contributed by atoms with Crippen molar-refractivity contribution in [2.75, 3.05) is 0 Å². The molecule has 0 aromatic heterocycles. The summed E-state index contributed by atoms with van der Waals surface area (Å²) in [4.78, 5) is 0. The van der Waals surface area contributed by atoms with Gasteiger partial charge in [-0.2, -0.15) is 0 Å². The van der Waals surface area contributed by atoms with E-state index < -0.39 is 0 Å². The van der Waals surface area contributed by atoms with E-state index in [4.69, 9.17) is 0 Å². The Hall–Kier alpha value is -0.520. The fraction of sp³-hybridized carbons (Fsp3) is 0.800. The van der Waals surface area contributed by atoms with Gasteiger partial charge in [0.15, 0.2) is 0 Å². The number of fused-ring (bicyclic) bond motifs is 5. The first kappa shape index (κ1) is 13.2. The van der Waals surface area contributed by atoms with Crippen molar-refractivity contribution in [3.8, 4) is 0 Å². The highest BCUT2D eigenvalue weighted by molar-refractivity contribution is 5.36. The van der Waals surface area contributed by atoms with Crippen molar-refractivity contribution in [1.29, 1.82) is 0 Å². The van der Waals surface area contributed by atoms with Crippen LogP contribution in [0.4, 0.5) is 0 Å². The zero-order chi connectivity index (χ0) is 14.0. The van der Waals surface area contributed by atoms with Gasteiger partial charge in [0, 0.05) is 0 Å². The Bertz CT molecular complexity index is 482. The summed E-state index contributed by atoms with van der Waals surface area (Å²) in [5.41, 5.74) is 4.51. The van der Waals surface area contributed by atoms with Crippen LogP contribution in [0.3, 0.4) is 0 Å². The zero-order valence-electron chi connectivity index (χ0n) is 13.5. The molecule has 2 fully saturated rings. The Morgan fingerprint density at radius 1 is 1.05 bits per heavy atom. The zero-order valence-corrected chi connectivity index (χ0v) is 13.5. The van der Waals surface area contributed by atoms with E-state index in [-0.39, 0.29) is 0 Å². The third-order valence-electron chi connectivity index (χ3n) is 7.75. The molecule has 0 aromatic carbocycles. The van der Waals surface area contributed by atoms with Gasteiger partial charge >= 0.3 is 0 Å². The molecule has 0 unspecified atom stereocenters. The molecule has 0 N–H and O–H groups in total. The fourth-order valence-electron chi connectivity index (χ4n) is 6.46. The maximum atomic E-state index is 2.63. The van der Waals surface area contributed by atoms with Crippen molar-refractivity contribution in [2.45, 2.75) is 72.1 Å². The van der Waals surface area contributed by atoms with Crippen LogP contribution < -0.4 is 0 Å². The van der Waals surface area contributed by atoms with E-state index in [1.54, 1.807) is 11.1 Å². The first-order valence-electron chi connectivity index (χ1n) is 8.91. The van der Waals surface area contributed by atoms with Crippen molar-refractivity contribution >= 4 is 0 Å². The smallest absolute Gasteiger partial charge is 0.00443 e.